The van der Waals surface area contributed by atoms with E-state index in [0.717, 1.165) is 21.3 Å². The molecule has 0 amide bonds. The average Bonchev–Trinajstić information content (AvgIpc) is 2.91. The zero-order chi connectivity index (χ0) is 13.6. The van der Waals surface area contributed by atoms with Gasteiger partial charge in [0.2, 0.25) is 0 Å². The lowest BCUT2D eigenvalue weighted by molar-refractivity contribution is 0.190. The highest BCUT2D eigenvalue weighted by Gasteiger charge is 2.31. The number of imidazole rings is 1. The van der Waals surface area contributed by atoms with E-state index in [1.807, 2.05) is 0 Å². The molecule has 1 aliphatic rings. The first-order chi connectivity index (χ1) is 9.08. The van der Waals surface area contributed by atoms with E-state index in [2.05, 4.69) is 52.5 Å². The topological polar surface area (TPSA) is 53.1 Å². The molecule has 19 heavy (non-hydrogen) atoms. The van der Waals surface area contributed by atoms with E-state index in [-0.39, 0.29) is 12.0 Å². The number of benzene rings is 1. The quantitative estimate of drug-likeness (QED) is 0.924. The van der Waals surface area contributed by atoms with Crippen molar-refractivity contribution in [2.45, 2.75) is 31.8 Å². The summed E-state index contributed by atoms with van der Waals surface area (Å²) in [6.07, 6.45) is 0. The van der Waals surface area contributed by atoms with Gasteiger partial charge in [-0.1, -0.05) is 15.9 Å². The molecule has 2 N–H and O–H groups in total. The Bertz CT molecular complexity index is 608. The molecule has 1 saturated heterocycles. The molecule has 1 aliphatic heterocycles. The van der Waals surface area contributed by atoms with Crippen LogP contribution in [0.25, 0.3) is 11.0 Å². The second-order valence-electron chi connectivity index (χ2n) is 5.37. The number of nitrogens with two attached hydrogens (primary N) is 1. The van der Waals surface area contributed by atoms with Gasteiger partial charge < -0.3 is 15.0 Å². The Balaban J connectivity index is 2.19. The molecule has 0 aliphatic carbocycles. The van der Waals surface area contributed by atoms with Crippen LogP contribution in [0.4, 0.5) is 0 Å². The molecule has 1 aromatic heterocycles. The third kappa shape index (κ3) is 2.20. The van der Waals surface area contributed by atoms with Crippen molar-refractivity contribution in [1.82, 2.24) is 9.55 Å². The Hall–Kier alpha value is -0.910. The van der Waals surface area contributed by atoms with Crippen molar-refractivity contribution in [3.8, 4) is 0 Å². The Labute approximate surface area is 121 Å². The van der Waals surface area contributed by atoms with Gasteiger partial charge in [0.25, 0.3) is 0 Å². The van der Waals surface area contributed by atoms with E-state index >= 15 is 0 Å². The second kappa shape index (κ2) is 4.89. The molecule has 5 heteroatoms. The minimum Gasteiger partial charge on any atom is -0.379 e. The highest BCUT2D eigenvalue weighted by molar-refractivity contribution is 9.10. The highest BCUT2D eigenvalue weighted by atomic mass is 79.9. The van der Waals surface area contributed by atoms with E-state index in [4.69, 9.17) is 15.5 Å². The molecule has 3 rings (SSSR count). The predicted octanol–water partition coefficient (Wildman–Crippen LogP) is 2.82. The predicted molar refractivity (Wildman–Crippen MR) is 79.4 cm³/mol. The summed E-state index contributed by atoms with van der Waals surface area (Å²) in [4.78, 5) is 4.80. The third-order valence-corrected chi connectivity index (χ3v) is 4.14. The fourth-order valence-electron chi connectivity index (χ4n) is 2.73. The molecule has 2 atom stereocenters. The Kier molecular flexibility index (Phi) is 3.37. The zero-order valence-electron chi connectivity index (χ0n) is 11.1. The number of halogens is 1. The van der Waals surface area contributed by atoms with E-state index in [1.54, 1.807) is 0 Å². The first-order valence-corrected chi connectivity index (χ1v) is 7.38. The average molecular weight is 324 g/mol. The molecule has 0 bridgehead atoms. The lowest BCUT2D eigenvalue weighted by atomic mass is 10.0. The molecule has 2 aromatic rings. The van der Waals surface area contributed by atoms with Gasteiger partial charge in [0.05, 0.1) is 30.2 Å². The number of hydrogen-bond donors (Lipinski definition) is 1. The molecule has 1 aromatic carbocycles. The summed E-state index contributed by atoms with van der Waals surface area (Å²) in [5.41, 5.74) is 8.31. The summed E-state index contributed by atoms with van der Waals surface area (Å²) in [6, 6.07) is 6.61. The van der Waals surface area contributed by atoms with Crippen LogP contribution in [0.15, 0.2) is 22.7 Å². The number of fused-ring (bicyclic) bond motifs is 1. The van der Waals surface area contributed by atoms with Crippen molar-refractivity contribution in [2.24, 2.45) is 5.73 Å². The van der Waals surface area contributed by atoms with Gasteiger partial charge >= 0.3 is 0 Å². The molecule has 0 radical (unpaired) electrons. The van der Waals surface area contributed by atoms with Crippen LogP contribution in [0, 0.1) is 0 Å². The first kappa shape index (κ1) is 13.1. The van der Waals surface area contributed by atoms with Crippen LogP contribution in [-0.4, -0.2) is 28.8 Å². The standard InChI is InChI=1S/C14H18BrN3O/c1-8(2)18-13-4-3-9(15)5-12(13)17-14(18)10-6-19-7-11(10)16/h3-5,8,10-11H,6-7,16H2,1-2H3. The SMILES string of the molecule is CC(C)n1c(C2COCC2N)nc2cc(Br)ccc21. The van der Waals surface area contributed by atoms with Gasteiger partial charge in [-0.05, 0) is 32.0 Å². The smallest absolute Gasteiger partial charge is 0.117 e. The number of nitrogens with zero attached hydrogens (tertiary/aromatic N) is 2. The third-order valence-electron chi connectivity index (χ3n) is 3.65. The minimum absolute atomic E-state index is 0.0396. The van der Waals surface area contributed by atoms with Gasteiger partial charge in [0.1, 0.15) is 5.82 Å². The highest BCUT2D eigenvalue weighted by Crippen LogP contribution is 2.31. The van der Waals surface area contributed by atoms with Crippen molar-refractivity contribution in [3.05, 3.63) is 28.5 Å². The van der Waals surface area contributed by atoms with Crippen LogP contribution >= 0.6 is 15.9 Å². The van der Waals surface area contributed by atoms with Gasteiger partial charge in [-0.3, -0.25) is 0 Å². The Morgan fingerprint density at radius 2 is 2.21 bits per heavy atom. The summed E-state index contributed by atoms with van der Waals surface area (Å²) >= 11 is 3.50. The molecule has 0 saturated carbocycles. The Morgan fingerprint density at radius 1 is 1.42 bits per heavy atom. The maximum absolute atomic E-state index is 6.14. The Morgan fingerprint density at radius 3 is 2.84 bits per heavy atom. The lowest BCUT2D eigenvalue weighted by Crippen LogP contribution is -2.29. The summed E-state index contributed by atoms with van der Waals surface area (Å²) < 4.78 is 8.82. The monoisotopic (exact) mass is 323 g/mol. The van der Waals surface area contributed by atoms with E-state index in [9.17, 15) is 0 Å². The maximum Gasteiger partial charge on any atom is 0.117 e. The van der Waals surface area contributed by atoms with E-state index in [0.29, 0.717) is 19.3 Å². The molecular formula is C14H18BrN3O. The van der Waals surface area contributed by atoms with Crippen LogP contribution in [-0.2, 0) is 4.74 Å². The molecule has 102 valence electrons. The molecule has 1 fully saturated rings. The van der Waals surface area contributed by atoms with Crippen molar-refractivity contribution >= 4 is 27.0 Å². The summed E-state index contributed by atoms with van der Waals surface area (Å²) in [7, 11) is 0. The molecule has 2 heterocycles. The van der Waals surface area contributed by atoms with Crippen LogP contribution in [0.2, 0.25) is 0 Å². The van der Waals surface area contributed by atoms with Gasteiger partial charge in [0.15, 0.2) is 0 Å². The van der Waals surface area contributed by atoms with Crippen LogP contribution in [0.3, 0.4) is 0 Å². The summed E-state index contributed by atoms with van der Waals surface area (Å²) in [5, 5.41) is 0. The fraction of sp³-hybridized carbons (Fsp3) is 0.500. The number of hydrogen-bond acceptors (Lipinski definition) is 3. The maximum atomic E-state index is 6.14. The normalized spacial score (nSPS) is 23.6. The van der Waals surface area contributed by atoms with Crippen LogP contribution in [0.1, 0.15) is 31.6 Å². The van der Waals surface area contributed by atoms with Gasteiger partial charge in [-0.15, -0.1) is 0 Å². The van der Waals surface area contributed by atoms with Crippen molar-refractivity contribution < 1.29 is 4.74 Å². The van der Waals surface area contributed by atoms with Crippen molar-refractivity contribution in [2.75, 3.05) is 13.2 Å². The molecule has 0 spiro atoms. The lowest BCUT2D eigenvalue weighted by Gasteiger charge is -2.18. The fourth-order valence-corrected chi connectivity index (χ4v) is 3.08. The molecule has 4 nitrogen and oxygen atoms in total. The van der Waals surface area contributed by atoms with Crippen molar-refractivity contribution in [1.29, 1.82) is 0 Å². The summed E-state index contributed by atoms with van der Waals surface area (Å²) in [6.45, 7) is 5.63. The van der Waals surface area contributed by atoms with Gasteiger partial charge in [0, 0.05) is 16.6 Å². The van der Waals surface area contributed by atoms with Gasteiger partial charge in [-0.2, -0.15) is 0 Å². The summed E-state index contributed by atoms with van der Waals surface area (Å²) in [5.74, 6) is 1.24. The van der Waals surface area contributed by atoms with E-state index < -0.39 is 0 Å². The van der Waals surface area contributed by atoms with Crippen LogP contribution in [0.5, 0.6) is 0 Å². The number of ether oxygens (including phenoxy) is 1. The number of rotatable bonds is 2. The first-order valence-electron chi connectivity index (χ1n) is 6.58. The molecule has 2 unspecified atom stereocenters. The minimum atomic E-state index is 0.0396. The van der Waals surface area contributed by atoms with Crippen LogP contribution < -0.4 is 5.73 Å². The molecular weight excluding hydrogens is 306 g/mol. The van der Waals surface area contributed by atoms with E-state index in [1.165, 1.54) is 0 Å². The second-order valence-corrected chi connectivity index (χ2v) is 6.29. The number of aromatic nitrogens is 2. The zero-order valence-corrected chi connectivity index (χ0v) is 12.7. The largest absolute Gasteiger partial charge is 0.379 e. The van der Waals surface area contributed by atoms with Gasteiger partial charge in [-0.25, -0.2) is 4.98 Å². The van der Waals surface area contributed by atoms with Crippen molar-refractivity contribution in [3.63, 3.8) is 0 Å².